The highest BCUT2D eigenvalue weighted by Crippen LogP contribution is 2.34. The summed E-state index contributed by atoms with van der Waals surface area (Å²) in [7, 11) is 0. The van der Waals surface area contributed by atoms with Crippen LogP contribution >= 0.6 is 12.4 Å². The number of aromatic nitrogens is 2. The van der Waals surface area contributed by atoms with Crippen molar-refractivity contribution >= 4 is 23.4 Å². The Bertz CT molecular complexity index is 930. The van der Waals surface area contributed by atoms with Gasteiger partial charge in [-0.15, -0.1) is 12.4 Å². The van der Waals surface area contributed by atoms with E-state index in [0.29, 0.717) is 18.4 Å². The van der Waals surface area contributed by atoms with Crippen molar-refractivity contribution in [2.45, 2.75) is 70.4 Å². The predicted molar refractivity (Wildman–Crippen MR) is 125 cm³/mol. The first-order chi connectivity index (χ1) is 14.1. The zero-order chi connectivity index (χ0) is 20.2. The van der Waals surface area contributed by atoms with E-state index in [1.165, 1.54) is 37.7 Å². The monoisotopic (exact) mass is 428 g/mol. The molecule has 1 aliphatic carbocycles. The van der Waals surface area contributed by atoms with Crippen molar-refractivity contribution in [2.75, 3.05) is 6.61 Å². The molecule has 5 heteroatoms. The standard InChI is InChI=1S/C25H32N2O2.ClH/c1-18(2)19-12-14-22(15-13-19)29-17-21(28)16-27-24-11-7-6-10-23(24)26-25(27)20-8-4-3-5-9-20;/h6-7,10-15,18,20-21,28H,3-5,8-9,16-17H2,1-2H3;1H. The Labute approximate surface area is 185 Å². The van der Waals surface area contributed by atoms with E-state index >= 15 is 0 Å². The number of halogens is 1. The molecule has 0 radical (unpaired) electrons. The van der Waals surface area contributed by atoms with Gasteiger partial charge in [0, 0.05) is 5.92 Å². The lowest BCUT2D eigenvalue weighted by Gasteiger charge is -2.23. The zero-order valence-corrected chi connectivity index (χ0v) is 18.8. The molecule has 4 rings (SSSR count). The molecule has 4 nitrogen and oxygen atoms in total. The summed E-state index contributed by atoms with van der Waals surface area (Å²) in [6, 6.07) is 16.4. The molecule has 1 aromatic heterocycles. The average Bonchev–Trinajstić information content (AvgIpc) is 3.11. The fourth-order valence-corrected chi connectivity index (χ4v) is 4.36. The van der Waals surface area contributed by atoms with Gasteiger partial charge in [-0.3, -0.25) is 0 Å². The van der Waals surface area contributed by atoms with Crippen LogP contribution in [0.1, 0.15) is 69.2 Å². The second kappa shape index (κ2) is 10.3. The number of para-hydroxylation sites is 2. The average molecular weight is 429 g/mol. The Hall–Kier alpha value is -2.04. The van der Waals surface area contributed by atoms with E-state index in [1.807, 2.05) is 24.3 Å². The van der Waals surface area contributed by atoms with Crippen molar-refractivity contribution in [3.05, 3.63) is 59.9 Å². The number of ether oxygens (including phenoxy) is 1. The van der Waals surface area contributed by atoms with Crippen LogP contribution in [0.2, 0.25) is 0 Å². The fraction of sp³-hybridized carbons (Fsp3) is 0.480. The first-order valence-corrected chi connectivity index (χ1v) is 11.0. The molecule has 0 bridgehead atoms. The van der Waals surface area contributed by atoms with Crippen LogP contribution in [0.15, 0.2) is 48.5 Å². The highest BCUT2D eigenvalue weighted by atomic mass is 35.5. The van der Waals surface area contributed by atoms with Crippen LogP contribution in [0.3, 0.4) is 0 Å². The molecule has 1 aliphatic rings. The smallest absolute Gasteiger partial charge is 0.119 e. The Balaban J connectivity index is 0.00000256. The Morgan fingerprint density at radius 3 is 2.43 bits per heavy atom. The maximum Gasteiger partial charge on any atom is 0.119 e. The molecule has 0 spiro atoms. The third kappa shape index (κ3) is 5.16. The molecule has 3 aromatic rings. The summed E-state index contributed by atoms with van der Waals surface area (Å²) in [4.78, 5) is 4.94. The van der Waals surface area contributed by atoms with Crippen LogP contribution in [0.25, 0.3) is 11.0 Å². The normalized spacial score (nSPS) is 15.9. The van der Waals surface area contributed by atoms with Gasteiger partial charge >= 0.3 is 0 Å². The van der Waals surface area contributed by atoms with Crippen LogP contribution in [-0.2, 0) is 6.54 Å². The summed E-state index contributed by atoms with van der Waals surface area (Å²) in [6.45, 7) is 5.14. The highest BCUT2D eigenvalue weighted by Gasteiger charge is 2.23. The van der Waals surface area contributed by atoms with Crippen molar-refractivity contribution in [3.63, 3.8) is 0 Å². The Morgan fingerprint density at radius 1 is 1.03 bits per heavy atom. The van der Waals surface area contributed by atoms with Gasteiger partial charge in [-0.25, -0.2) is 4.98 Å². The number of imidazole rings is 1. The molecule has 1 saturated carbocycles. The molecular weight excluding hydrogens is 396 g/mol. The molecule has 0 amide bonds. The minimum absolute atomic E-state index is 0. The molecule has 30 heavy (non-hydrogen) atoms. The summed E-state index contributed by atoms with van der Waals surface area (Å²) in [5.41, 5.74) is 3.42. The number of rotatable bonds is 7. The number of fused-ring (bicyclic) bond motifs is 1. The first kappa shape index (κ1) is 22.6. The van der Waals surface area contributed by atoms with Gasteiger partial charge < -0.3 is 14.4 Å². The molecule has 2 aromatic carbocycles. The van der Waals surface area contributed by atoms with Gasteiger partial charge in [-0.05, 0) is 48.6 Å². The SMILES string of the molecule is CC(C)c1ccc(OCC(O)Cn2c(C3CCCCC3)nc3ccccc32)cc1.Cl. The summed E-state index contributed by atoms with van der Waals surface area (Å²) >= 11 is 0. The van der Waals surface area contributed by atoms with Crippen LogP contribution < -0.4 is 4.74 Å². The van der Waals surface area contributed by atoms with E-state index in [1.54, 1.807) is 0 Å². The van der Waals surface area contributed by atoms with Gasteiger partial charge in [-0.1, -0.05) is 57.4 Å². The fourth-order valence-electron chi connectivity index (χ4n) is 4.36. The number of aliphatic hydroxyl groups excluding tert-OH is 1. The van der Waals surface area contributed by atoms with Crippen LogP contribution in [-0.4, -0.2) is 27.4 Å². The van der Waals surface area contributed by atoms with Gasteiger partial charge in [-0.2, -0.15) is 0 Å². The largest absolute Gasteiger partial charge is 0.491 e. The summed E-state index contributed by atoms with van der Waals surface area (Å²) in [5.74, 6) is 2.93. The Morgan fingerprint density at radius 2 is 1.73 bits per heavy atom. The van der Waals surface area contributed by atoms with Crippen molar-refractivity contribution < 1.29 is 9.84 Å². The minimum atomic E-state index is -0.584. The van der Waals surface area contributed by atoms with Gasteiger partial charge in [0.05, 0.1) is 17.6 Å². The lowest BCUT2D eigenvalue weighted by atomic mass is 9.88. The first-order valence-electron chi connectivity index (χ1n) is 11.0. The number of nitrogens with zero attached hydrogens (tertiary/aromatic N) is 2. The molecule has 1 fully saturated rings. The summed E-state index contributed by atoms with van der Waals surface area (Å²) in [6.07, 6.45) is 5.66. The predicted octanol–water partition coefficient (Wildman–Crippen LogP) is 6.07. The number of hydrogen-bond acceptors (Lipinski definition) is 3. The van der Waals surface area contributed by atoms with E-state index in [2.05, 4.69) is 42.7 Å². The molecular formula is C25H33ClN2O2. The van der Waals surface area contributed by atoms with E-state index in [0.717, 1.165) is 22.6 Å². The van der Waals surface area contributed by atoms with Crippen molar-refractivity contribution in [1.29, 1.82) is 0 Å². The van der Waals surface area contributed by atoms with E-state index < -0.39 is 6.10 Å². The third-order valence-corrected chi connectivity index (χ3v) is 6.04. The van der Waals surface area contributed by atoms with Crippen LogP contribution in [0.4, 0.5) is 0 Å². The molecule has 1 N–H and O–H groups in total. The third-order valence-electron chi connectivity index (χ3n) is 6.04. The van der Waals surface area contributed by atoms with Gasteiger partial charge in [0.15, 0.2) is 0 Å². The van der Waals surface area contributed by atoms with Gasteiger partial charge in [0.2, 0.25) is 0 Å². The van der Waals surface area contributed by atoms with Gasteiger partial charge in [0.1, 0.15) is 24.3 Å². The molecule has 0 saturated heterocycles. The maximum absolute atomic E-state index is 10.7. The van der Waals surface area contributed by atoms with E-state index in [-0.39, 0.29) is 19.0 Å². The second-order valence-corrected chi connectivity index (χ2v) is 8.59. The highest BCUT2D eigenvalue weighted by molar-refractivity contribution is 5.85. The molecule has 162 valence electrons. The summed E-state index contributed by atoms with van der Waals surface area (Å²) in [5, 5.41) is 10.7. The minimum Gasteiger partial charge on any atom is -0.491 e. The van der Waals surface area contributed by atoms with Crippen LogP contribution in [0.5, 0.6) is 5.75 Å². The van der Waals surface area contributed by atoms with Gasteiger partial charge in [0.25, 0.3) is 0 Å². The second-order valence-electron chi connectivity index (χ2n) is 8.59. The zero-order valence-electron chi connectivity index (χ0n) is 18.0. The lowest BCUT2D eigenvalue weighted by Crippen LogP contribution is -2.25. The quantitative estimate of drug-likeness (QED) is 0.496. The topological polar surface area (TPSA) is 47.3 Å². The van der Waals surface area contributed by atoms with Crippen molar-refractivity contribution in [1.82, 2.24) is 9.55 Å². The van der Waals surface area contributed by atoms with E-state index in [4.69, 9.17) is 9.72 Å². The maximum atomic E-state index is 10.7. The van der Waals surface area contributed by atoms with Crippen molar-refractivity contribution in [2.24, 2.45) is 0 Å². The number of benzene rings is 2. The molecule has 0 aliphatic heterocycles. The van der Waals surface area contributed by atoms with E-state index in [9.17, 15) is 5.11 Å². The number of hydrogen-bond donors (Lipinski definition) is 1. The molecule has 1 heterocycles. The molecule has 1 atom stereocenters. The van der Waals surface area contributed by atoms with Crippen molar-refractivity contribution in [3.8, 4) is 5.75 Å². The molecule has 1 unspecified atom stereocenters. The van der Waals surface area contributed by atoms with Crippen LogP contribution in [0, 0.1) is 0 Å². The number of aliphatic hydroxyl groups is 1. The summed E-state index contributed by atoms with van der Waals surface area (Å²) < 4.78 is 8.09. The Kier molecular flexibility index (Phi) is 7.79. The lowest BCUT2D eigenvalue weighted by molar-refractivity contribution is 0.0922.